The molecule has 0 radical (unpaired) electrons. The van der Waals surface area contributed by atoms with Crippen molar-refractivity contribution in [2.24, 2.45) is 0 Å². The molecule has 0 fully saturated rings. The van der Waals surface area contributed by atoms with Crippen LogP contribution in [0.2, 0.25) is 0 Å². The third kappa shape index (κ3) is 7.75. The molecule has 0 bridgehead atoms. The first-order chi connectivity index (χ1) is 15.4. The number of benzene rings is 2. The number of ether oxygens (including phenoxy) is 1. The highest BCUT2D eigenvalue weighted by atomic mass is 79.9. The summed E-state index contributed by atoms with van der Waals surface area (Å²) in [5, 5.41) is 2.81. The Morgan fingerprint density at radius 2 is 1.73 bits per heavy atom. The van der Waals surface area contributed by atoms with E-state index in [0.29, 0.717) is 15.9 Å². The van der Waals surface area contributed by atoms with Crippen molar-refractivity contribution in [1.82, 2.24) is 10.2 Å². The van der Waals surface area contributed by atoms with Gasteiger partial charge in [-0.3, -0.25) is 13.9 Å². The molecule has 0 aliphatic carbocycles. The number of nitrogens with one attached hydrogen (secondary N) is 1. The lowest BCUT2D eigenvalue weighted by molar-refractivity contribution is -0.139. The van der Waals surface area contributed by atoms with Gasteiger partial charge in [0.15, 0.2) is 0 Å². The first-order valence-electron chi connectivity index (χ1n) is 10.4. The SMILES string of the molecule is COc1ccc(CN(C(=O)CN(c2cccc(Br)c2)S(C)(=O)=O)[C@@H](C)C(=O)NC(C)C)cc1. The van der Waals surface area contributed by atoms with E-state index in [1.165, 1.54) is 4.90 Å². The number of amides is 2. The summed E-state index contributed by atoms with van der Waals surface area (Å²) in [6, 6.07) is 12.9. The second kappa shape index (κ2) is 11.5. The molecule has 0 spiro atoms. The summed E-state index contributed by atoms with van der Waals surface area (Å²) in [5.74, 6) is -0.150. The van der Waals surface area contributed by atoms with Crippen LogP contribution in [0.15, 0.2) is 53.0 Å². The molecule has 2 rings (SSSR count). The molecule has 1 atom stereocenters. The highest BCUT2D eigenvalue weighted by Crippen LogP contribution is 2.23. The lowest BCUT2D eigenvalue weighted by Gasteiger charge is -2.32. The van der Waals surface area contributed by atoms with Crippen LogP contribution in [0.1, 0.15) is 26.3 Å². The minimum atomic E-state index is -3.76. The standard InChI is InChI=1S/C23H30BrN3O5S/c1-16(2)25-23(29)17(3)26(14-18-9-11-21(32-4)12-10-18)22(28)15-27(33(5,30)31)20-8-6-7-19(24)13-20/h6-13,16-17H,14-15H2,1-5H3,(H,25,29)/t17-/m0/s1. The molecule has 0 aliphatic rings. The smallest absolute Gasteiger partial charge is 0.244 e. The number of halogens is 1. The molecule has 1 N–H and O–H groups in total. The molecule has 2 amide bonds. The Hall–Kier alpha value is -2.59. The van der Waals surface area contributed by atoms with Crippen LogP contribution in [0, 0.1) is 0 Å². The van der Waals surface area contributed by atoms with Crippen molar-refractivity contribution in [3.63, 3.8) is 0 Å². The Morgan fingerprint density at radius 3 is 2.24 bits per heavy atom. The van der Waals surface area contributed by atoms with E-state index in [1.807, 2.05) is 13.8 Å². The van der Waals surface area contributed by atoms with Gasteiger partial charge >= 0.3 is 0 Å². The highest BCUT2D eigenvalue weighted by molar-refractivity contribution is 9.10. The monoisotopic (exact) mass is 539 g/mol. The van der Waals surface area contributed by atoms with Gasteiger partial charge in [-0.2, -0.15) is 0 Å². The highest BCUT2D eigenvalue weighted by Gasteiger charge is 2.30. The summed E-state index contributed by atoms with van der Waals surface area (Å²) in [6.07, 6.45) is 1.05. The van der Waals surface area contributed by atoms with Crippen molar-refractivity contribution in [3.05, 3.63) is 58.6 Å². The predicted octanol–water partition coefficient (Wildman–Crippen LogP) is 3.17. The number of sulfonamides is 1. The maximum Gasteiger partial charge on any atom is 0.244 e. The topological polar surface area (TPSA) is 96.0 Å². The van der Waals surface area contributed by atoms with E-state index < -0.39 is 28.5 Å². The van der Waals surface area contributed by atoms with Gasteiger partial charge in [-0.15, -0.1) is 0 Å². The number of rotatable bonds is 10. The van der Waals surface area contributed by atoms with Gasteiger partial charge in [-0.1, -0.05) is 34.1 Å². The summed E-state index contributed by atoms with van der Waals surface area (Å²) < 4.78 is 31.9. The zero-order valence-electron chi connectivity index (χ0n) is 19.4. The second-order valence-electron chi connectivity index (χ2n) is 7.96. The lowest BCUT2D eigenvalue weighted by Crippen LogP contribution is -2.52. The van der Waals surface area contributed by atoms with Crippen LogP contribution in [0.25, 0.3) is 0 Å². The normalized spacial score (nSPS) is 12.2. The molecule has 180 valence electrons. The fourth-order valence-corrected chi connectivity index (χ4v) is 4.39. The van der Waals surface area contributed by atoms with Gasteiger partial charge in [0.2, 0.25) is 21.8 Å². The second-order valence-corrected chi connectivity index (χ2v) is 10.8. The van der Waals surface area contributed by atoms with E-state index in [0.717, 1.165) is 16.1 Å². The molecule has 0 unspecified atom stereocenters. The Labute approximate surface area is 204 Å². The lowest BCUT2D eigenvalue weighted by atomic mass is 10.1. The summed E-state index contributed by atoms with van der Waals surface area (Å²) in [5.41, 5.74) is 1.13. The average Bonchev–Trinajstić information content (AvgIpc) is 2.74. The van der Waals surface area contributed by atoms with Crippen LogP contribution in [-0.2, 0) is 26.2 Å². The molecular formula is C23H30BrN3O5S. The summed E-state index contributed by atoms with van der Waals surface area (Å²) in [6.45, 7) is 4.98. The zero-order valence-corrected chi connectivity index (χ0v) is 21.8. The quantitative estimate of drug-likeness (QED) is 0.500. The van der Waals surface area contributed by atoms with E-state index in [1.54, 1.807) is 62.6 Å². The number of carbonyl (C=O) groups is 2. The number of carbonyl (C=O) groups excluding carboxylic acids is 2. The van der Waals surface area contributed by atoms with Crippen LogP contribution in [-0.4, -0.2) is 57.1 Å². The van der Waals surface area contributed by atoms with E-state index in [4.69, 9.17) is 4.74 Å². The van der Waals surface area contributed by atoms with E-state index in [2.05, 4.69) is 21.2 Å². The van der Waals surface area contributed by atoms with E-state index in [9.17, 15) is 18.0 Å². The van der Waals surface area contributed by atoms with Gasteiger partial charge in [0.05, 0.1) is 19.1 Å². The average molecular weight is 540 g/mol. The fourth-order valence-electron chi connectivity index (χ4n) is 3.16. The molecule has 10 heteroatoms. The van der Waals surface area contributed by atoms with Gasteiger partial charge in [0.25, 0.3) is 0 Å². The van der Waals surface area contributed by atoms with Gasteiger partial charge in [0.1, 0.15) is 18.3 Å². The van der Waals surface area contributed by atoms with Crippen molar-refractivity contribution < 1.29 is 22.7 Å². The fraction of sp³-hybridized carbons (Fsp3) is 0.391. The van der Waals surface area contributed by atoms with Crippen LogP contribution < -0.4 is 14.4 Å². The minimum Gasteiger partial charge on any atom is -0.497 e. The molecule has 0 saturated heterocycles. The largest absolute Gasteiger partial charge is 0.497 e. The number of methoxy groups -OCH3 is 1. The summed E-state index contributed by atoms with van der Waals surface area (Å²) >= 11 is 3.33. The van der Waals surface area contributed by atoms with Crippen molar-refractivity contribution >= 4 is 43.5 Å². The van der Waals surface area contributed by atoms with Gasteiger partial charge in [-0.05, 0) is 56.7 Å². The molecule has 0 heterocycles. The van der Waals surface area contributed by atoms with E-state index >= 15 is 0 Å². The number of hydrogen-bond acceptors (Lipinski definition) is 5. The van der Waals surface area contributed by atoms with Crippen molar-refractivity contribution in [2.75, 3.05) is 24.2 Å². The van der Waals surface area contributed by atoms with Gasteiger partial charge in [-0.25, -0.2) is 8.42 Å². The van der Waals surface area contributed by atoms with Crippen LogP contribution in [0.3, 0.4) is 0 Å². The minimum absolute atomic E-state index is 0.105. The molecule has 0 aliphatic heterocycles. The molecule has 33 heavy (non-hydrogen) atoms. The van der Waals surface area contributed by atoms with Crippen LogP contribution in [0.5, 0.6) is 5.75 Å². The van der Waals surface area contributed by atoms with Crippen LogP contribution >= 0.6 is 15.9 Å². The summed E-state index contributed by atoms with van der Waals surface area (Å²) in [7, 11) is -2.20. The van der Waals surface area contributed by atoms with E-state index in [-0.39, 0.29) is 18.5 Å². The molecule has 8 nitrogen and oxygen atoms in total. The van der Waals surface area contributed by atoms with Crippen LogP contribution in [0.4, 0.5) is 5.69 Å². The van der Waals surface area contributed by atoms with Crippen molar-refractivity contribution in [2.45, 2.75) is 39.4 Å². The number of nitrogens with zero attached hydrogens (tertiary/aromatic N) is 2. The Kier molecular flexibility index (Phi) is 9.30. The predicted molar refractivity (Wildman–Crippen MR) is 133 cm³/mol. The number of anilines is 1. The summed E-state index contributed by atoms with van der Waals surface area (Å²) in [4.78, 5) is 27.5. The molecule has 0 saturated carbocycles. The maximum atomic E-state index is 13.4. The third-order valence-corrected chi connectivity index (χ3v) is 6.52. The van der Waals surface area contributed by atoms with Gasteiger partial charge < -0.3 is 15.0 Å². The molecule has 2 aromatic rings. The Balaban J connectivity index is 2.38. The first-order valence-corrected chi connectivity index (χ1v) is 13.0. The third-order valence-electron chi connectivity index (χ3n) is 4.89. The molecule has 0 aromatic heterocycles. The zero-order chi connectivity index (χ0) is 24.8. The first kappa shape index (κ1) is 26.7. The molecule has 2 aromatic carbocycles. The molecular weight excluding hydrogens is 510 g/mol. The maximum absolute atomic E-state index is 13.4. The number of hydrogen-bond donors (Lipinski definition) is 1. The Bertz CT molecular complexity index is 1070. The van der Waals surface area contributed by atoms with Crippen molar-refractivity contribution in [1.29, 1.82) is 0 Å². The van der Waals surface area contributed by atoms with Crippen molar-refractivity contribution in [3.8, 4) is 5.75 Å². The van der Waals surface area contributed by atoms with Gasteiger partial charge in [0, 0.05) is 17.1 Å². The Morgan fingerprint density at radius 1 is 1.09 bits per heavy atom.